The number of benzene rings is 2. The molecule has 1 fully saturated rings. The molecule has 1 atom stereocenters. The van der Waals surface area contributed by atoms with Gasteiger partial charge in [0.05, 0.1) is 10.9 Å². The van der Waals surface area contributed by atoms with Gasteiger partial charge in [0, 0.05) is 31.4 Å². The van der Waals surface area contributed by atoms with Gasteiger partial charge in [-0.25, -0.2) is 8.51 Å². The summed E-state index contributed by atoms with van der Waals surface area (Å²) < 4.78 is 56.4. The van der Waals surface area contributed by atoms with Crippen molar-refractivity contribution < 1.29 is 21.9 Å². The van der Waals surface area contributed by atoms with Crippen LogP contribution in [0.25, 0.3) is 11.4 Å². The lowest BCUT2D eigenvalue weighted by molar-refractivity contribution is -0.159. The van der Waals surface area contributed by atoms with E-state index in [9.17, 15) is 17.4 Å². The summed E-state index contributed by atoms with van der Waals surface area (Å²) in [6.45, 7) is 1.30. The summed E-state index contributed by atoms with van der Waals surface area (Å²) >= 11 is 0. The van der Waals surface area contributed by atoms with Crippen LogP contribution in [0.15, 0.2) is 64.0 Å². The van der Waals surface area contributed by atoms with Crippen molar-refractivity contribution in [3.63, 3.8) is 0 Å². The lowest BCUT2D eigenvalue weighted by atomic mass is 10.1. The number of nitrogens with zero attached hydrogens (tertiary/aromatic N) is 4. The van der Waals surface area contributed by atoms with Gasteiger partial charge in [0.1, 0.15) is 11.0 Å². The van der Waals surface area contributed by atoms with Gasteiger partial charge in [-0.05, 0) is 36.4 Å². The topological polar surface area (TPSA) is 62.5 Å². The average molecular weight is 422 g/mol. The van der Waals surface area contributed by atoms with Crippen molar-refractivity contribution in [1.82, 2.24) is 14.4 Å². The maximum Gasteiger partial charge on any atom is 0.471 e. The van der Waals surface area contributed by atoms with Crippen molar-refractivity contribution in [3.8, 4) is 11.4 Å². The van der Waals surface area contributed by atoms with Gasteiger partial charge >= 0.3 is 12.1 Å². The molecule has 4 rings (SSSR count). The normalized spacial score (nSPS) is 16.4. The summed E-state index contributed by atoms with van der Waals surface area (Å²) in [5, 5.41) is 3.39. The van der Waals surface area contributed by atoms with E-state index in [1.807, 2.05) is 41.7 Å². The zero-order chi connectivity index (χ0) is 20.6. The summed E-state index contributed by atoms with van der Waals surface area (Å²) in [6, 6.07) is 16.4. The molecule has 0 aliphatic carbocycles. The summed E-state index contributed by atoms with van der Waals surface area (Å²) in [6.07, 6.45) is -4.67. The number of hydrogen-bond acceptors (Lipinski definition) is 5. The van der Waals surface area contributed by atoms with Crippen LogP contribution >= 0.6 is 0 Å². The molecule has 2 heterocycles. The second-order valence-electron chi connectivity index (χ2n) is 6.64. The highest BCUT2D eigenvalue weighted by molar-refractivity contribution is 7.82. The molecule has 1 aromatic heterocycles. The van der Waals surface area contributed by atoms with Gasteiger partial charge in [0.2, 0.25) is 5.82 Å². The fraction of sp³-hybridized carbons (Fsp3) is 0.263. The van der Waals surface area contributed by atoms with Crippen LogP contribution in [-0.2, 0) is 17.2 Å². The second-order valence-corrected chi connectivity index (χ2v) is 8.13. The Bertz CT molecular complexity index is 1000. The van der Waals surface area contributed by atoms with Crippen LogP contribution < -0.4 is 4.90 Å². The highest BCUT2D eigenvalue weighted by Gasteiger charge is 2.38. The van der Waals surface area contributed by atoms with E-state index < -0.39 is 23.1 Å². The highest BCUT2D eigenvalue weighted by Crippen LogP contribution is 2.30. The molecule has 1 aliphatic heterocycles. The molecule has 0 spiro atoms. The quantitative estimate of drug-likeness (QED) is 0.629. The van der Waals surface area contributed by atoms with Gasteiger partial charge in [0.25, 0.3) is 0 Å². The van der Waals surface area contributed by atoms with E-state index in [0.717, 1.165) is 10.6 Å². The minimum absolute atomic E-state index is 0.111. The molecule has 1 aliphatic rings. The van der Waals surface area contributed by atoms with Crippen molar-refractivity contribution in [2.45, 2.75) is 17.1 Å². The molecule has 0 amide bonds. The maximum absolute atomic E-state index is 12.6. The van der Waals surface area contributed by atoms with Gasteiger partial charge < -0.3 is 9.42 Å². The third-order valence-corrected chi connectivity index (χ3v) is 6.20. The van der Waals surface area contributed by atoms with Crippen LogP contribution in [0.2, 0.25) is 0 Å². The third-order valence-electron chi connectivity index (χ3n) is 4.76. The van der Waals surface area contributed by atoms with Gasteiger partial charge in [-0.3, -0.25) is 0 Å². The van der Waals surface area contributed by atoms with E-state index in [1.54, 1.807) is 24.3 Å². The first-order valence-corrected chi connectivity index (χ1v) is 9.89. The maximum atomic E-state index is 12.6. The molecule has 0 radical (unpaired) electrons. The molecule has 10 heteroatoms. The van der Waals surface area contributed by atoms with Crippen LogP contribution in [0.1, 0.15) is 5.89 Å². The summed E-state index contributed by atoms with van der Waals surface area (Å²) in [4.78, 5) is 6.22. The Hall–Kier alpha value is -2.72. The first-order valence-electron chi connectivity index (χ1n) is 8.79. The third kappa shape index (κ3) is 4.03. The highest BCUT2D eigenvalue weighted by atomic mass is 32.2. The summed E-state index contributed by atoms with van der Waals surface area (Å²) in [5.41, 5.74) is 1.32. The molecular formula is C19H17F3N4O2S. The number of likely N-dealkylation sites (N-methyl/N-ethyl adjacent to an activating group) is 1. The monoisotopic (exact) mass is 422 g/mol. The standard InChI is InChI=1S/C19H17F3N4O2S/c1-25(15-11-26(12-15)29(27)16-5-3-2-4-6-16)14-9-7-13(8-10-14)17-23-18(28-24-17)19(20,21)22/h2-10,15H,11-12H2,1H3. The van der Waals surface area contributed by atoms with E-state index in [1.165, 1.54) is 0 Å². The van der Waals surface area contributed by atoms with Crippen LogP contribution in [0, 0.1) is 0 Å². The summed E-state index contributed by atoms with van der Waals surface area (Å²) in [5.74, 6) is -1.48. The molecule has 2 aromatic carbocycles. The van der Waals surface area contributed by atoms with Crippen LogP contribution in [-0.4, -0.2) is 44.8 Å². The van der Waals surface area contributed by atoms with E-state index >= 15 is 0 Å². The van der Waals surface area contributed by atoms with Crippen molar-refractivity contribution in [2.75, 3.05) is 25.0 Å². The van der Waals surface area contributed by atoms with Crippen molar-refractivity contribution in [2.24, 2.45) is 0 Å². The van der Waals surface area contributed by atoms with Gasteiger partial charge in [0.15, 0.2) is 0 Å². The van der Waals surface area contributed by atoms with Crippen LogP contribution in [0.5, 0.6) is 0 Å². The van der Waals surface area contributed by atoms with Crippen molar-refractivity contribution >= 4 is 16.7 Å². The zero-order valence-corrected chi connectivity index (χ0v) is 16.2. The second kappa shape index (κ2) is 7.60. The van der Waals surface area contributed by atoms with E-state index in [4.69, 9.17) is 0 Å². The molecule has 29 heavy (non-hydrogen) atoms. The van der Waals surface area contributed by atoms with Gasteiger partial charge in [-0.1, -0.05) is 23.4 Å². The predicted molar refractivity (Wildman–Crippen MR) is 101 cm³/mol. The largest absolute Gasteiger partial charge is 0.471 e. The number of anilines is 1. The minimum Gasteiger partial charge on any atom is -0.369 e. The molecule has 0 N–H and O–H groups in total. The Labute approximate surface area is 167 Å². The molecule has 0 saturated carbocycles. The average Bonchev–Trinajstić information content (AvgIpc) is 3.18. The Balaban J connectivity index is 1.39. The lowest BCUT2D eigenvalue weighted by Gasteiger charge is -2.43. The molecule has 1 unspecified atom stereocenters. The van der Waals surface area contributed by atoms with E-state index in [2.05, 4.69) is 19.6 Å². The zero-order valence-electron chi connectivity index (χ0n) is 15.3. The molecule has 3 aromatic rings. The number of aromatic nitrogens is 2. The fourth-order valence-electron chi connectivity index (χ4n) is 3.00. The minimum atomic E-state index is -4.67. The number of halogens is 3. The Morgan fingerprint density at radius 1 is 1.10 bits per heavy atom. The smallest absolute Gasteiger partial charge is 0.369 e. The van der Waals surface area contributed by atoms with Crippen molar-refractivity contribution in [3.05, 3.63) is 60.5 Å². The first-order chi connectivity index (χ1) is 13.8. The fourth-order valence-corrected chi connectivity index (χ4v) is 4.30. The van der Waals surface area contributed by atoms with Crippen molar-refractivity contribution in [1.29, 1.82) is 0 Å². The molecule has 6 nitrogen and oxygen atoms in total. The SMILES string of the molecule is CN(c1ccc(-c2noc(C(F)(F)F)n2)cc1)C1CN(S(=O)c2ccccc2)C1. The van der Waals surface area contributed by atoms with E-state index in [-0.39, 0.29) is 11.9 Å². The molecule has 0 bridgehead atoms. The van der Waals surface area contributed by atoms with Crippen LogP contribution in [0.3, 0.4) is 0 Å². The lowest BCUT2D eigenvalue weighted by Crippen LogP contribution is -2.58. The molecule has 152 valence electrons. The van der Waals surface area contributed by atoms with Gasteiger partial charge in [-0.2, -0.15) is 18.2 Å². The Morgan fingerprint density at radius 2 is 1.76 bits per heavy atom. The predicted octanol–water partition coefficient (Wildman–Crippen LogP) is 3.60. The molecule has 1 saturated heterocycles. The number of rotatable bonds is 5. The number of alkyl halides is 3. The first kappa shape index (κ1) is 19.6. The number of hydrogen-bond donors (Lipinski definition) is 0. The Morgan fingerprint density at radius 3 is 2.34 bits per heavy atom. The van der Waals surface area contributed by atoms with Gasteiger partial charge in [-0.15, -0.1) is 0 Å². The Kier molecular flexibility index (Phi) is 5.13. The summed E-state index contributed by atoms with van der Waals surface area (Å²) in [7, 11) is 0.748. The molecular weight excluding hydrogens is 405 g/mol. The van der Waals surface area contributed by atoms with E-state index in [0.29, 0.717) is 18.7 Å². The van der Waals surface area contributed by atoms with Crippen LogP contribution in [0.4, 0.5) is 18.9 Å².